The van der Waals surface area contributed by atoms with Crippen molar-refractivity contribution in [2.75, 3.05) is 10.6 Å². The number of carbonyl (C=O) groups excluding carboxylic acids is 2. The maximum atomic E-state index is 12.0. The molecule has 0 aliphatic carbocycles. The Morgan fingerprint density at radius 1 is 0.741 bits per heavy atom. The number of nitrogens with one attached hydrogen (secondary N) is 2. The first-order valence-corrected chi connectivity index (χ1v) is 8.67. The molecule has 0 heterocycles. The molecule has 0 saturated heterocycles. The Bertz CT molecular complexity index is 961. The molecule has 0 bridgehead atoms. The molecule has 0 atom stereocenters. The van der Waals surface area contributed by atoms with Crippen LogP contribution in [0.15, 0.2) is 72.8 Å². The van der Waals surface area contributed by atoms with Crippen molar-refractivity contribution in [1.82, 2.24) is 0 Å². The minimum Gasteiger partial charge on any atom is -0.457 e. The number of hydrogen-bond donors (Lipinski definition) is 2. The first-order chi connectivity index (χ1) is 13.0. The van der Waals surface area contributed by atoms with Gasteiger partial charge in [-0.05, 0) is 54.6 Å². The third kappa shape index (κ3) is 5.23. The van der Waals surface area contributed by atoms with Gasteiger partial charge >= 0.3 is 11.8 Å². The first-order valence-electron chi connectivity index (χ1n) is 7.91. The van der Waals surface area contributed by atoms with E-state index in [1.54, 1.807) is 30.3 Å². The second-order valence-corrected chi connectivity index (χ2v) is 6.32. The maximum absolute atomic E-state index is 12.0. The molecule has 2 amide bonds. The van der Waals surface area contributed by atoms with Gasteiger partial charge in [0.15, 0.2) is 0 Å². The molecule has 136 valence electrons. The largest absolute Gasteiger partial charge is 0.457 e. The Kier molecular flexibility index (Phi) is 5.96. The summed E-state index contributed by atoms with van der Waals surface area (Å²) in [6.07, 6.45) is 0. The summed E-state index contributed by atoms with van der Waals surface area (Å²) in [5.41, 5.74) is 0.755. The van der Waals surface area contributed by atoms with Crippen molar-refractivity contribution < 1.29 is 14.3 Å². The third-order valence-electron chi connectivity index (χ3n) is 3.48. The molecular weight excluding hydrogens is 387 g/mol. The standard InChI is InChI=1S/C20H14Cl2N2O3/c21-13-6-11-18(17(22)12-13)24-20(26)19(25)23-14-7-9-16(10-8-14)27-15-4-2-1-3-5-15/h1-12H,(H,23,25)(H,24,26). The van der Waals surface area contributed by atoms with Crippen LogP contribution in [0.25, 0.3) is 0 Å². The lowest BCUT2D eigenvalue weighted by atomic mass is 10.3. The average Bonchev–Trinajstić information content (AvgIpc) is 2.66. The van der Waals surface area contributed by atoms with E-state index < -0.39 is 11.8 Å². The van der Waals surface area contributed by atoms with Crippen LogP contribution in [0, 0.1) is 0 Å². The number of halogens is 2. The quantitative estimate of drug-likeness (QED) is 0.578. The minimum absolute atomic E-state index is 0.242. The van der Waals surface area contributed by atoms with E-state index in [1.165, 1.54) is 12.1 Å². The fourth-order valence-corrected chi connectivity index (χ4v) is 2.64. The van der Waals surface area contributed by atoms with E-state index in [0.29, 0.717) is 27.9 Å². The van der Waals surface area contributed by atoms with Crippen molar-refractivity contribution in [1.29, 1.82) is 0 Å². The maximum Gasteiger partial charge on any atom is 0.314 e. The summed E-state index contributed by atoms with van der Waals surface area (Å²) in [4.78, 5) is 24.1. The molecule has 0 fully saturated rings. The molecule has 7 heteroatoms. The highest BCUT2D eigenvalue weighted by Crippen LogP contribution is 2.25. The second kappa shape index (κ2) is 8.58. The lowest BCUT2D eigenvalue weighted by Crippen LogP contribution is -2.29. The first kappa shape index (κ1) is 18.8. The molecule has 0 unspecified atom stereocenters. The molecule has 3 aromatic rings. The van der Waals surface area contributed by atoms with Gasteiger partial charge in [0.05, 0.1) is 10.7 Å². The lowest BCUT2D eigenvalue weighted by Gasteiger charge is -2.09. The molecule has 0 saturated carbocycles. The summed E-state index contributed by atoms with van der Waals surface area (Å²) in [5, 5.41) is 5.62. The van der Waals surface area contributed by atoms with Crippen LogP contribution in [0.4, 0.5) is 11.4 Å². The smallest absolute Gasteiger partial charge is 0.314 e. The lowest BCUT2D eigenvalue weighted by molar-refractivity contribution is -0.132. The number of amides is 2. The average molecular weight is 401 g/mol. The molecular formula is C20H14Cl2N2O3. The monoisotopic (exact) mass is 400 g/mol. The van der Waals surface area contributed by atoms with Gasteiger partial charge in [0.2, 0.25) is 0 Å². The summed E-state index contributed by atoms with van der Waals surface area (Å²) in [5.74, 6) is -0.355. The fraction of sp³-hybridized carbons (Fsp3) is 0. The van der Waals surface area contributed by atoms with E-state index in [-0.39, 0.29) is 5.02 Å². The van der Waals surface area contributed by atoms with Crippen LogP contribution in [0.1, 0.15) is 0 Å². The van der Waals surface area contributed by atoms with Crippen LogP contribution in [-0.4, -0.2) is 11.8 Å². The van der Waals surface area contributed by atoms with Gasteiger partial charge in [0.1, 0.15) is 11.5 Å². The number of anilines is 2. The van der Waals surface area contributed by atoms with Crippen molar-refractivity contribution in [2.45, 2.75) is 0 Å². The predicted octanol–water partition coefficient (Wildman–Crippen LogP) is 5.36. The Morgan fingerprint density at radius 2 is 1.37 bits per heavy atom. The van der Waals surface area contributed by atoms with Crippen molar-refractivity contribution in [3.8, 4) is 11.5 Å². The molecule has 27 heavy (non-hydrogen) atoms. The number of hydrogen-bond acceptors (Lipinski definition) is 3. The summed E-state index contributed by atoms with van der Waals surface area (Å²) in [6, 6.07) is 20.5. The van der Waals surface area contributed by atoms with E-state index in [1.807, 2.05) is 30.3 Å². The van der Waals surface area contributed by atoms with Gasteiger partial charge in [-0.2, -0.15) is 0 Å². The van der Waals surface area contributed by atoms with Gasteiger partial charge in [0, 0.05) is 10.7 Å². The highest BCUT2D eigenvalue weighted by atomic mass is 35.5. The van der Waals surface area contributed by atoms with Crippen molar-refractivity contribution in [3.05, 3.63) is 82.8 Å². The van der Waals surface area contributed by atoms with Gasteiger partial charge in [0.25, 0.3) is 0 Å². The van der Waals surface area contributed by atoms with Crippen molar-refractivity contribution in [2.24, 2.45) is 0 Å². The number of ether oxygens (including phenoxy) is 1. The zero-order valence-electron chi connectivity index (χ0n) is 13.9. The predicted molar refractivity (Wildman–Crippen MR) is 107 cm³/mol. The molecule has 0 aliphatic heterocycles. The third-order valence-corrected chi connectivity index (χ3v) is 4.02. The van der Waals surface area contributed by atoms with Crippen LogP contribution in [0.2, 0.25) is 10.0 Å². The van der Waals surface area contributed by atoms with Crippen LogP contribution < -0.4 is 15.4 Å². The SMILES string of the molecule is O=C(Nc1ccc(Oc2ccccc2)cc1)C(=O)Nc1ccc(Cl)cc1Cl. The molecule has 5 nitrogen and oxygen atoms in total. The zero-order valence-corrected chi connectivity index (χ0v) is 15.4. The van der Waals surface area contributed by atoms with Gasteiger partial charge < -0.3 is 15.4 Å². The number of para-hydroxylation sites is 1. The van der Waals surface area contributed by atoms with E-state index >= 15 is 0 Å². The summed E-state index contributed by atoms with van der Waals surface area (Å²) < 4.78 is 5.67. The van der Waals surface area contributed by atoms with Gasteiger partial charge in [-0.25, -0.2) is 0 Å². The minimum atomic E-state index is -0.844. The molecule has 2 N–H and O–H groups in total. The van der Waals surface area contributed by atoms with Crippen LogP contribution in [-0.2, 0) is 9.59 Å². The van der Waals surface area contributed by atoms with E-state index in [9.17, 15) is 9.59 Å². The second-order valence-electron chi connectivity index (χ2n) is 5.47. The zero-order chi connectivity index (χ0) is 19.2. The van der Waals surface area contributed by atoms with E-state index in [2.05, 4.69) is 10.6 Å². The highest BCUT2D eigenvalue weighted by molar-refractivity contribution is 6.45. The number of carbonyl (C=O) groups is 2. The van der Waals surface area contributed by atoms with Crippen LogP contribution in [0.5, 0.6) is 11.5 Å². The molecule has 0 aliphatic rings. The van der Waals surface area contributed by atoms with Gasteiger partial charge in [-0.3, -0.25) is 9.59 Å². The van der Waals surface area contributed by atoms with Crippen molar-refractivity contribution in [3.63, 3.8) is 0 Å². The summed E-state index contributed by atoms with van der Waals surface area (Å²) in [6.45, 7) is 0. The molecule has 0 radical (unpaired) electrons. The number of rotatable bonds is 4. The Balaban J connectivity index is 1.59. The van der Waals surface area contributed by atoms with E-state index in [0.717, 1.165) is 0 Å². The Hall–Kier alpha value is -3.02. The molecule has 3 rings (SSSR count). The fourth-order valence-electron chi connectivity index (χ4n) is 2.19. The number of benzene rings is 3. The topological polar surface area (TPSA) is 67.4 Å². The van der Waals surface area contributed by atoms with Crippen molar-refractivity contribution >= 4 is 46.4 Å². The molecule has 3 aromatic carbocycles. The van der Waals surface area contributed by atoms with Crippen LogP contribution >= 0.6 is 23.2 Å². The Morgan fingerprint density at radius 3 is 2.04 bits per heavy atom. The highest BCUT2D eigenvalue weighted by Gasteiger charge is 2.15. The molecule has 0 spiro atoms. The normalized spacial score (nSPS) is 10.1. The molecule has 0 aromatic heterocycles. The van der Waals surface area contributed by atoms with Crippen LogP contribution in [0.3, 0.4) is 0 Å². The summed E-state index contributed by atoms with van der Waals surface area (Å²) in [7, 11) is 0. The van der Waals surface area contributed by atoms with E-state index in [4.69, 9.17) is 27.9 Å². The van der Waals surface area contributed by atoms with Gasteiger partial charge in [-0.1, -0.05) is 41.4 Å². The Labute approximate surface area is 165 Å². The van der Waals surface area contributed by atoms with Gasteiger partial charge in [-0.15, -0.1) is 0 Å². The summed E-state index contributed by atoms with van der Waals surface area (Å²) >= 11 is 11.8.